The van der Waals surface area contributed by atoms with Crippen molar-refractivity contribution in [1.82, 2.24) is 10.6 Å². The Morgan fingerprint density at radius 2 is 2.11 bits per heavy atom. The standard InChI is InChI=1S/C13H16F2N2O2/c14-13(15)19-11-4-2-1-3-9(11)7-17-12(18)8-16-10-5-6-10/h1-4,10,13,16H,5-8H2,(H,17,18). The van der Waals surface area contributed by atoms with Crippen LogP contribution in [-0.4, -0.2) is 25.1 Å². The lowest BCUT2D eigenvalue weighted by molar-refractivity contribution is -0.120. The van der Waals surface area contributed by atoms with Crippen LogP contribution in [0.2, 0.25) is 0 Å². The SMILES string of the molecule is O=C(CNC1CC1)NCc1ccccc1OC(F)F. The molecule has 104 valence electrons. The van der Waals surface area contributed by atoms with Crippen LogP contribution in [0.4, 0.5) is 8.78 Å². The van der Waals surface area contributed by atoms with Crippen LogP contribution in [-0.2, 0) is 11.3 Å². The Kier molecular flexibility index (Phi) is 4.68. The molecule has 2 rings (SSSR count). The molecule has 0 heterocycles. The van der Waals surface area contributed by atoms with Gasteiger partial charge in [0.1, 0.15) is 5.75 Å². The molecule has 1 amide bonds. The third-order valence-electron chi connectivity index (χ3n) is 2.79. The van der Waals surface area contributed by atoms with Crippen molar-refractivity contribution in [3.05, 3.63) is 29.8 Å². The number of hydrogen-bond acceptors (Lipinski definition) is 3. The smallest absolute Gasteiger partial charge is 0.387 e. The highest BCUT2D eigenvalue weighted by Gasteiger charge is 2.21. The monoisotopic (exact) mass is 270 g/mol. The largest absolute Gasteiger partial charge is 0.434 e. The molecule has 0 saturated heterocycles. The molecule has 0 unspecified atom stereocenters. The molecule has 1 aromatic carbocycles. The van der Waals surface area contributed by atoms with Gasteiger partial charge in [0.05, 0.1) is 6.54 Å². The number of carbonyl (C=O) groups is 1. The van der Waals surface area contributed by atoms with Crippen LogP contribution < -0.4 is 15.4 Å². The van der Waals surface area contributed by atoms with Gasteiger partial charge in [-0.25, -0.2) is 0 Å². The van der Waals surface area contributed by atoms with E-state index in [2.05, 4.69) is 15.4 Å². The van der Waals surface area contributed by atoms with Gasteiger partial charge in [-0.3, -0.25) is 4.79 Å². The number of carbonyl (C=O) groups excluding carboxylic acids is 1. The first kappa shape index (κ1) is 13.7. The molecule has 4 nitrogen and oxygen atoms in total. The molecule has 2 N–H and O–H groups in total. The van der Waals surface area contributed by atoms with Gasteiger partial charge in [0.2, 0.25) is 5.91 Å². The summed E-state index contributed by atoms with van der Waals surface area (Å²) in [6.45, 7) is -2.44. The van der Waals surface area contributed by atoms with Gasteiger partial charge in [0, 0.05) is 18.2 Å². The second-order valence-corrected chi connectivity index (χ2v) is 4.42. The molecule has 6 heteroatoms. The lowest BCUT2D eigenvalue weighted by atomic mass is 10.2. The molecule has 1 aromatic rings. The van der Waals surface area contributed by atoms with Gasteiger partial charge in [-0.2, -0.15) is 8.78 Å². The van der Waals surface area contributed by atoms with E-state index in [1.807, 2.05) is 0 Å². The Morgan fingerprint density at radius 1 is 1.37 bits per heavy atom. The fourth-order valence-corrected chi connectivity index (χ4v) is 1.64. The van der Waals surface area contributed by atoms with E-state index in [1.165, 1.54) is 6.07 Å². The van der Waals surface area contributed by atoms with Gasteiger partial charge in [-0.05, 0) is 18.9 Å². The zero-order chi connectivity index (χ0) is 13.7. The van der Waals surface area contributed by atoms with Crippen LogP contribution in [0.1, 0.15) is 18.4 Å². The Morgan fingerprint density at radius 3 is 2.79 bits per heavy atom. The summed E-state index contributed by atoms with van der Waals surface area (Å²) in [4.78, 5) is 11.5. The minimum Gasteiger partial charge on any atom is -0.434 e. The Balaban J connectivity index is 1.81. The van der Waals surface area contributed by atoms with Crippen LogP contribution in [0.3, 0.4) is 0 Å². The van der Waals surface area contributed by atoms with Crippen molar-refractivity contribution in [1.29, 1.82) is 0 Å². The topological polar surface area (TPSA) is 50.4 Å². The van der Waals surface area contributed by atoms with E-state index >= 15 is 0 Å². The van der Waals surface area contributed by atoms with E-state index in [1.54, 1.807) is 18.2 Å². The zero-order valence-corrected chi connectivity index (χ0v) is 10.4. The molecule has 0 atom stereocenters. The number of halogens is 2. The molecule has 0 radical (unpaired) electrons. The van der Waals surface area contributed by atoms with Crippen molar-refractivity contribution < 1.29 is 18.3 Å². The number of benzene rings is 1. The second kappa shape index (κ2) is 6.47. The van der Waals surface area contributed by atoms with Crippen molar-refractivity contribution in [2.45, 2.75) is 32.0 Å². The van der Waals surface area contributed by atoms with Crippen molar-refractivity contribution in [3.63, 3.8) is 0 Å². The summed E-state index contributed by atoms with van der Waals surface area (Å²) < 4.78 is 28.8. The summed E-state index contributed by atoms with van der Waals surface area (Å²) in [5.41, 5.74) is 0.530. The predicted octanol–water partition coefficient (Wildman–Crippen LogP) is 1.66. The molecule has 1 aliphatic rings. The number of alkyl halides is 2. The van der Waals surface area contributed by atoms with Gasteiger partial charge in [0.25, 0.3) is 0 Å². The molecule has 1 aliphatic carbocycles. The van der Waals surface area contributed by atoms with E-state index in [0.717, 1.165) is 12.8 Å². The lowest BCUT2D eigenvalue weighted by Crippen LogP contribution is -2.34. The van der Waals surface area contributed by atoms with Crippen molar-refractivity contribution >= 4 is 5.91 Å². The van der Waals surface area contributed by atoms with Gasteiger partial charge in [-0.1, -0.05) is 18.2 Å². The fraction of sp³-hybridized carbons (Fsp3) is 0.462. The lowest BCUT2D eigenvalue weighted by Gasteiger charge is -2.11. The quantitative estimate of drug-likeness (QED) is 0.792. The maximum absolute atomic E-state index is 12.2. The van der Waals surface area contributed by atoms with Gasteiger partial charge < -0.3 is 15.4 Å². The maximum atomic E-state index is 12.2. The van der Waals surface area contributed by atoms with Crippen LogP contribution in [0.5, 0.6) is 5.75 Å². The first-order valence-corrected chi connectivity index (χ1v) is 6.18. The molecular formula is C13H16F2N2O2. The Hall–Kier alpha value is -1.69. The van der Waals surface area contributed by atoms with Gasteiger partial charge in [-0.15, -0.1) is 0 Å². The highest BCUT2D eigenvalue weighted by molar-refractivity contribution is 5.78. The fourth-order valence-electron chi connectivity index (χ4n) is 1.64. The van der Waals surface area contributed by atoms with E-state index in [4.69, 9.17) is 0 Å². The highest BCUT2D eigenvalue weighted by Crippen LogP contribution is 2.20. The number of para-hydroxylation sites is 1. The third-order valence-corrected chi connectivity index (χ3v) is 2.79. The van der Waals surface area contributed by atoms with Crippen LogP contribution in [0, 0.1) is 0 Å². The Labute approximate surface area is 110 Å². The summed E-state index contributed by atoms with van der Waals surface area (Å²) >= 11 is 0. The first-order chi connectivity index (χ1) is 9.15. The summed E-state index contributed by atoms with van der Waals surface area (Å²) in [5, 5.41) is 5.75. The normalized spacial score (nSPS) is 14.5. The average molecular weight is 270 g/mol. The highest BCUT2D eigenvalue weighted by atomic mass is 19.3. The molecule has 0 aromatic heterocycles. The molecule has 0 spiro atoms. The second-order valence-electron chi connectivity index (χ2n) is 4.42. The van der Waals surface area contributed by atoms with E-state index < -0.39 is 6.61 Å². The number of amides is 1. The molecule has 1 fully saturated rings. The van der Waals surface area contributed by atoms with Crippen molar-refractivity contribution in [2.75, 3.05) is 6.54 Å². The predicted molar refractivity (Wildman–Crippen MR) is 65.9 cm³/mol. The van der Waals surface area contributed by atoms with Crippen molar-refractivity contribution in [2.24, 2.45) is 0 Å². The number of nitrogens with one attached hydrogen (secondary N) is 2. The van der Waals surface area contributed by atoms with Crippen LogP contribution in [0.25, 0.3) is 0 Å². The van der Waals surface area contributed by atoms with Crippen LogP contribution in [0.15, 0.2) is 24.3 Å². The van der Waals surface area contributed by atoms with E-state index in [-0.39, 0.29) is 24.7 Å². The molecule has 0 aliphatic heterocycles. The maximum Gasteiger partial charge on any atom is 0.387 e. The number of rotatable bonds is 7. The van der Waals surface area contributed by atoms with Crippen LogP contribution >= 0.6 is 0 Å². The molecular weight excluding hydrogens is 254 g/mol. The molecule has 0 bridgehead atoms. The zero-order valence-electron chi connectivity index (χ0n) is 10.4. The first-order valence-electron chi connectivity index (χ1n) is 6.18. The molecule has 1 saturated carbocycles. The van der Waals surface area contributed by atoms with E-state index in [0.29, 0.717) is 11.6 Å². The molecule has 19 heavy (non-hydrogen) atoms. The summed E-state index contributed by atoms with van der Waals surface area (Å²) in [7, 11) is 0. The Bertz CT molecular complexity index is 436. The summed E-state index contributed by atoms with van der Waals surface area (Å²) in [5.74, 6) is -0.0632. The summed E-state index contributed by atoms with van der Waals surface area (Å²) in [6.07, 6.45) is 2.22. The van der Waals surface area contributed by atoms with E-state index in [9.17, 15) is 13.6 Å². The number of ether oxygens (including phenoxy) is 1. The minimum atomic E-state index is -2.87. The van der Waals surface area contributed by atoms with Crippen molar-refractivity contribution in [3.8, 4) is 5.75 Å². The minimum absolute atomic E-state index is 0.0907. The third kappa shape index (κ3) is 4.82. The van der Waals surface area contributed by atoms with Gasteiger partial charge in [0.15, 0.2) is 0 Å². The van der Waals surface area contributed by atoms with Gasteiger partial charge >= 0.3 is 6.61 Å². The summed E-state index contributed by atoms with van der Waals surface area (Å²) in [6, 6.07) is 6.88. The average Bonchev–Trinajstić information content (AvgIpc) is 3.18. The number of hydrogen-bond donors (Lipinski definition) is 2.